The summed E-state index contributed by atoms with van der Waals surface area (Å²) in [7, 11) is 0. The quantitative estimate of drug-likeness (QED) is 0.852. The second-order valence-corrected chi connectivity index (χ2v) is 7.12. The minimum Gasteiger partial charge on any atom is -0.303 e. The Kier molecular flexibility index (Phi) is 3.65. The van der Waals surface area contributed by atoms with E-state index in [1.54, 1.807) is 6.07 Å². The normalized spacial score (nSPS) is 19.1. The highest BCUT2D eigenvalue weighted by Crippen LogP contribution is 2.35. The van der Waals surface area contributed by atoms with Crippen molar-refractivity contribution in [2.24, 2.45) is 0 Å². The van der Waals surface area contributed by atoms with Crippen LogP contribution in [0, 0.1) is 19.7 Å². The Morgan fingerprint density at radius 3 is 2.85 bits per heavy atom. The number of hydrogen-bond acceptors (Lipinski definition) is 2. The third kappa shape index (κ3) is 2.40. The minimum absolute atomic E-state index is 0.0537. The van der Waals surface area contributed by atoms with Crippen LogP contribution in [0.5, 0.6) is 0 Å². The summed E-state index contributed by atoms with van der Waals surface area (Å²) in [4.78, 5) is 2.73. The molecule has 0 saturated heterocycles. The average Bonchev–Trinajstić information content (AvgIpc) is 2.94. The molecule has 0 amide bonds. The standard InChI is InChI=1S/C17H20FNS/c1-10-9-15(12(3)20-10)11(2)19-17-8-7-13-14(17)5-4-6-16(13)18/h4-6,9,11,17,19H,7-8H2,1-3H3. The van der Waals surface area contributed by atoms with E-state index < -0.39 is 0 Å². The Hall–Kier alpha value is -1.19. The maximum Gasteiger partial charge on any atom is 0.126 e. The van der Waals surface area contributed by atoms with E-state index in [4.69, 9.17) is 0 Å². The van der Waals surface area contributed by atoms with Gasteiger partial charge >= 0.3 is 0 Å². The first kappa shape index (κ1) is 13.8. The SMILES string of the molecule is Cc1cc(C(C)NC2CCc3c(F)cccc32)c(C)s1. The zero-order valence-corrected chi connectivity index (χ0v) is 13.0. The molecule has 0 bridgehead atoms. The molecule has 3 heteroatoms. The molecule has 1 aromatic heterocycles. The van der Waals surface area contributed by atoms with E-state index in [1.165, 1.54) is 15.3 Å². The van der Waals surface area contributed by atoms with E-state index in [0.29, 0.717) is 6.04 Å². The molecule has 1 nitrogen and oxygen atoms in total. The molecular weight excluding hydrogens is 269 g/mol. The van der Waals surface area contributed by atoms with Crippen LogP contribution in [0.4, 0.5) is 4.39 Å². The number of fused-ring (bicyclic) bond motifs is 1. The molecule has 0 saturated carbocycles. The van der Waals surface area contributed by atoms with Crippen LogP contribution in [-0.2, 0) is 6.42 Å². The van der Waals surface area contributed by atoms with E-state index >= 15 is 0 Å². The predicted molar refractivity (Wildman–Crippen MR) is 82.8 cm³/mol. The number of rotatable bonds is 3. The van der Waals surface area contributed by atoms with Crippen LogP contribution >= 0.6 is 11.3 Å². The van der Waals surface area contributed by atoms with Gasteiger partial charge in [0.25, 0.3) is 0 Å². The second-order valence-electron chi connectivity index (χ2n) is 5.66. The third-order valence-electron chi connectivity index (χ3n) is 4.21. The van der Waals surface area contributed by atoms with Gasteiger partial charge in [-0.1, -0.05) is 12.1 Å². The monoisotopic (exact) mass is 289 g/mol. The fourth-order valence-corrected chi connectivity index (χ4v) is 4.28. The Bertz CT molecular complexity index is 632. The molecule has 0 fully saturated rings. The van der Waals surface area contributed by atoms with Crippen molar-refractivity contribution in [2.45, 2.75) is 45.7 Å². The zero-order valence-electron chi connectivity index (χ0n) is 12.2. The molecule has 1 aliphatic rings. The van der Waals surface area contributed by atoms with Crippen molar-refractivity contribution in [1.82, 2.24) is 5.32 Å². The van der Waals surface area contributed by atoms with Crippen molar-refractivity contribution >= 4 is 11.3 Å². The molecule has 1 N–H and O–H groups in total. The molecule has 0 radical (unpaired) electrons. The van der Waals surface area contributed by atoms with Crippen LogP contribution in [0.25, 0.3) is 0 Å². The van der Waals surface area contributed by atoms with Gasteiger partial charge in [0.05, 0.1) is 0 Å². The van der Waals surface area contributed by atoms with Gasteiger partial charge in [-0.2, -0.15) is 0 Å². The summed E-state index contributed by atoms with van der Waals surface area (Å²) in [6.07, 6.45) is 1.83. The molecule has 0 spiro atoms. The van der Waals surface area contributed by atoms with Crippen LogP contribution in [0.15, 0.2) is 24.3 Å². The molecule has 3 rings (SSSR count). The Morgan fingerprint density at radius 1 is 1.35 bits per heavy atom. The Morgan fingerprint density at radius 2 is 2.15 bits per heavy atom. The van der Waals surface area contributed by atoms with Crippen molar-refractivity contribution in [2.75, 3.05) is 0 Å². The molecule has 106 valence electrons. The number of halogens is 1. The van der Waals surface area contributed by atoms with E-state index in [1.807, 2.05) is 17.4 Å². The van der Waals surface area contributed by atoms with E-state index in [9.17, 15) is 4.39 Å². The van der Waals surface area contributed by atoms with Gasteiger partial charge in [-0.15, -0.1) is 11.3 Å². The van der Waals surface area contributed by atoms with Crippen molar-refractivity contribution in [3.63, 3.8) is 0 Å². The lowest BCUT2D eigenvalue weighted by Gasteiger charge is -2.20. The van der Waals surface area contributed by atoms with Crippen LogP contribution in [0.2, 0.25) is 0 Å². The van der Waals surface area contributed by atoms with Gasteiger partial charge in [-0.3, -0.25) is 0 Å². The highest BCUT2D eigenvalue weighted by molar-refractivity contribution is 7.12. The fourth-order valence-electron chi connectivity index (χ4n) is 3.25. The van der Waals surface area contributed by atoms with Gasteiger partial charge in [0.1, 0.15) is 5.82 Å². The lowest BCUT2D eigenvalue weighted by atomic mass is 10.0. The lowest BCUT2D eigenvalue weighted by molar-refractivity contribution is 0.464. The molecule has 1 heterocycles. The Balaban J connectivity index is 1.81. The smallest absolute Gasteiger partial charge is 0.126 e. The van der Waals surface area contributed by atoms with Gasteiger partial charge in [-0.05, 0) is 62.4 Å². The summed E-state index contributed by atoms with van der Waals surface area (Å²) in [6.45, 7) is 6.52. The first-order chi connectivity index (χ1) is 9.56. The van der Waals surface area contributed by atoms with Crippen molar-refractivity contribution in [3.8, 4) is 0 Å². The van der Waals surface area contributed by atoms with E-state index in [-0.39, 0.29) is 11.9 Å². The molecule has 2 aromatic rings. The van der Waals surface area contributed by atoms with Crippen molar-refractivity contribution in [3.05, 3.63) is 56.5 Å². The van der Waals surface area contributed by atoms with Crippen LogP contribution in [-0.4, -0.2) is 0 Å². The summed E-state index contributed by atoms with van der Waals surface area (Å²) in [5.41, 5.74) is 3.41. The summed E-state index contributed by atoms with van der Waals surface area (Å²) in [5.74, 6) is -0.0537. The average molecular weight is 289 g/mol. The van der Waals surface area contributed by atoms with Gasteiger partial charge in [0.15, 0.2) is 0 Å². The summed E-state index contributed by atoms with van der Waals surface area (Å²) < 4.78 is 13.8. The maximum absolute atomic E-state index is 13.8. The van der Waals surface area contributed by atoms with E-state index in [2.05, 4.69) is 38.2 Å². The molecule has 2 unspecified atom stereocenters. The molecular formula is C17H20FNS. The fraction of sp³-hybridized carbons (Fsp3) is 0.412. The maximum atomic E-state index is 13.8. The van der Waals surface area contributed by atoms with Gasteiger partial charge in [0, 0.05) is 21.8 Å². The van der Waals surface area contributed by atoms with Gasteiger partial charge in [0.2, 0.25) is 0 Å². The highest BCUT2D eigenvalue weighted by atomic mass is 32.1. The molecule has 20 heavy (non-hydrogen) atoms. The molecule has 1 aromatic carbocycles. The number of hydrogen-bond donors (Lipinski definition) is 1. The van der Waals surface area contributed by atoms with Crippen molar-refractivity contribution in [1.29, 1.82) is 0 Å². The van der Waals surface area contributed by atoms with E-state index in [0.717, 1.165) is 24.0 Å². The summed E-state index contributed by atoms with van der Waals surface area (Å²) in [5, 5.41) is 3.67. The minimum atomic E-state index is -0.0537. The summed E-state index contributed by atoms with van der Waals surface area (Å²) >= 11 is 1.84. The molecule has 2 atom stereocenters. The number of aryl methyl sites for hydroxylation is 2. The van der Waals surface area contributed by atoms with Crippen LogP contribution in [0.1, 0.15) is 51.9 Å². The number of nitrogens with one attached hydrogen (secondary N) is 1. The zero-order chi connectivity index (χ0) is 14.3. The second kappa shape index (κ2) is 5.30. The third-order valence-corrected chi connectivity index (χ3v) is 5.19. The van der Waals surface area contributed by atoms with Gasteiger partial charge < -0.3 is 5.32 Å². The van der Waals surface area contributed by atoms with Crippen LogP contribution < -0.4 is 5.32 Å². The largest absolute Gasteiger partial charge is 0.303 e. The first-order valence-electron chi connectivity index (χ1n) is 7.16. The number of thiophene rings is 1. The number of benzene rings is 1. The first-order valence-corrected chi connectivity index (χ1v) is 7.98. The molecule has 0 aliphatic heterocycles. The highest BCUT2D eigenvalue weighted by Gasteiger charge is 2.26. The molecule has 1 aliphatic carbocycles. The Labute approximate surface area is 123 Å². The summed E-state index contributed by atoms with van der Waals surface area (Å²) in [6, 6.07) is 8.28. The van der Waals surface area contributed by atoms with Gasteiger partial charge in [-0.25, -0.2) is 4.39 Å². The van der Waals surface area contributed by atoms with Crippen molar-refractivity contribution < 1.29 is 4.39 Å². The lowest BCUT2D eigenvalue weighted by Crippen LogP contribution is -2.23. The van der Waals surface area contributed by atoms with Crippen LogP contribution in [0.3, 0.4) is 0 Å². The topological polar surface area (TPSA) is 12.0 Å². The predicted octanol–water partition coefficient (Wildman–Crippen LogP) is 4.84.